The minimum atomic E-state index is -0.773. The third kappa shape index (κ3) is 46.7. The van der Waals surface area contributed by atoms with Gasteiger partial charge in [0.2, 0.25) is 0 Å². The van der Waals surface area contributed by atoms with Gasteiger partial charge in [0, 0.05) is 19.3 Å². The summed E-state index contributed by atoms with van der Waals surface area (Å²) in [5.74, 6) is -0.878. The van der Waals surface area contributed by atoms with Crippen LogP contribution in [0.5, 0.6) is 0 Å². The summed E-state index contributed by atoms with van der Waals surface area (Å²) < 4.78 is 16.8. The molecular weight excluding hydrogens is 745 g/mol. The molecule has 0 amide bonds. The predicted octanol–water partition coefficient (Wildman–Crippen LogP) is 16.9. The number of rotatable bonds is 47. The maximum absolute atomic E-state index is 12.8. The molecule has 0 aromatic carbocycles. The smallest absolute Gasteiger partial charge is 0.306 e. The van der Waals surface area contributed by atoms with Crippen LogP contribution >= 0.6 is 0 Å². The first-order valence-corrected chi connectivity index (χ1v) is 26.0. The van der Waals surface area contributed by atoms with Gasteiger partial charge in [-0.1, -0.05) is 218 Å². The summed E-state index contributed by atoms with van der Waals surface area (Å²) in [4.78, 5) is 37.9. The Labute approximate surface area is 372 Å². The highest BCUT2D eigenvalue weighted by atomic mass is 16.6. The van der Waals surface area contributed by atoms with Crippen LogP contribution in [-0.2, 0) is 28.6 Å². The van der Waals surface area contributed by atoms with Crippen molar-refractivity contribution < 1.29 is 28.6 Å². The number of esters is 3. The van der Waals surface area contributed by atoms with Crippen molar-refractivity contribution in [3.63, 3.8) is 0 Å². The largest absolute Gasteiger partial charge is 0.462 e. The summed E-state index contributed by atoms with van der Waals surface area (Å²) in [6.07, 6.45) is 57.0. The molecule has 0 aromatic rings. The molecule has 350 valence electrons. The van der Waals surface area contributed by atoms with Crippen LogP contribution in [0.1, 0.15) is 271 Å². The van der Waals surface area contributed by atoms with Gasteiger partial charge in [0.15, 0.2) is 6.10 Å². The Bertz CT molecular complexity index is 1020. The lowest BCUT2D eigenvalue weighted by Gasteiger charge is -2.18. The molecule has 0 N–H and O–H groups in total. The Morgan fingerprint density at radius 3 is 0.967 bits per heavy atom. The monoisotopic (exact) mass is 843 g/mol. The summed E-state index contributed by atoms with van der Waals surface area (Å²) in [5.41, 5.74) is 0. The Morgan fingerprint density at radius 1 is 0.333 bits per heavy atom. The first kappa shape index (κ1) is 57.6. The number of unbranched alkanes of at least 4 members (excludes halogenated alkanes) is 31. The number of ether oxygens (including phenoxy) is 3. The Kier molecular flexibility index (Phi) is 47.3. The molecule has 0 aromatic heterocycles. The summed E-state index contributed by atoms with van der Waals surface area (Å²) >= 11 is 0. The van der Waals surface area contributed by atoms with E-state index in [0.29, 0.717) is 19.3 Å². The molecule has 6 heteroatoms. The minimum absolute atomic E-state index is 0.0737. The number of hydrogen-bond acceptors (Lipinski definition) is 6. The Hall–Kier alpha value is -2.37. The van der Waals surface area contributed by atoms with Crippen LogP contribution in [0.3, 0.4) is 0 Å². The van der Waals surface area contributed by atoms with Gasteiger partial charge in [0.1, 0.15) is 13.2 Å². The summed E-state index contributed by atoms with van der Waals surface area (Å²) in [6, 6.07) is 0. The minimum Gasteiger partial charge on any atom is -0.462 e. The van der Waals surface area contributed by atoms with Crippen molar-refractivity contribution in [1.29, 1.82) is 0 Å². The van der Waals surface area contributed by atoms with Crippen LogP contribution in [0.2, 0.25) is 0 Å². The van der Waals surface area contributed by atoms with Crippen molar-refractivity contribution in [2.45, 2.75) is 277 Å². The molecular formula is C54H98O6. The van der Waals surface area contributed by atoms with Gasteiger partial charge in [-0.15, -0.1) is 0 Å². The second kappa shape index (κ2) is 49.3. The van der Waals surface area contributed by atoms with Gasteiger partial charge < -0.3 is 14.2 Å². The second-order valence-corrected chi connectivity index (χ2v) is 17.5. The second-order valence-electron chi connectivity index (χ2n) is 17.5. The van der Waals surface area contributed by atoms with Gasteiger partial charge in [-0.2, -0.15) is 0 Å². The molecule has 6 nitrogen and oxygen atoms in total. The molecule has 0 spiro atoms. The van der Waals surface area contributed by atoms with Crippen molar-refractivity contribution >= 4 is 17.9 Å². The standard InChI is InChI=1S/C54H98O6/c1-4-7-10-13-16-19-22-24-25-26-27-28-29-30-33-35-38-41-44-47-53(56)59-50-51(49-58-52(55)46-43-40-37-34-31-21-18-15-12-9-6-3)60-54(57)48-45-42-39-36-32-23-20-17-14-11-8-5-2/h16-17,19-20,22,24,51H,4-15,18,21,23,25-50H2,1-3H3/b19-16-,20-17-,24-22-. The zero-order valence-electron chi connectivity index (χ0n) is 40.0. The van der Waals surface area contributed by atoms with E-state index in [4.69, 9.17) is 14.2 Å². The highest BCUT2D eigenvalue weighted by Gasteiger charge is 2.19. The molecule has 0 saturated carbocycles. The van der Waals surface area contributed by atoms with Gasteiger partial charge >= 0.3 is 17.9 Å². The molecule has 60 heavy (non-hydrogen) atoms. The average molecular weight is 843 g/mol. The van der Waals surface area contributed by atoms with Crippen LogP contribution < -0.4 is 0 Å². The number of carbonyl (C=O) groups is 3. The van der Waals surface area contributed by atoms with E-state index in [0.717, 1.165) is 64.2 Å². The molecule has 0 bridgehead atoms. The van der Waals surface area contributed by atoms with Crippen LogP contribution in [0.15, 0.2) is 36.5 Å². The fourth-order valence-corrected chi connectivity index (χ4v) is 7.43. The topological polar surface area (TPSA) is 78.9 Å². The molecule has 0 fully saturated rings. The van der Waals surface area contributed by atoms with E-state index in [2.05, 4.69) is 57.2 Å². The Balaban J connectivity index is 4.30. The fraction of sp³-hybridized carbons (Fsp3) is 0.833. The van der Waals surface area contributed by atoms with Crippen LogP contribution in [-0.4, -0.2) is 37.2 Å². The van der Waals surface area contributed by atoms with E-state index in [1.165, 1.54) is 167 Å². The molecule has 0 rings (SSSR count). The van der Waals surface area contributed by atoms with Gasteiger partial charge in [-0.3, -0.25) is 14.4 Å². The first-order valence-electron chi connectivity index (χ1n) is 26.0. The van der Waals surface area contributed by atoms with E-state index >= 15 is 0 Å². The van der Waals surface area contributed by atoms with Crippen molar-refractivity contribution in [2.75, 3.05) is 13.2 Å². The van der Waals surface area contributed by atoms with E-state index < -0.39 is 6.10 Å². The third-order valence-corrected chi connectivity index (χ3v) is 11.4. The SMILES string of the molecule is CCCCC/C=C\C=C/CCCCCCCCCCCCC(=O)OCC(COC(=O)CCCCCCCCCCCCC)OC(=O)CCCCCCC/C=C\CCCCC. The molecule has 0 saturated heterocycles. The van der Waals surface area contributed by atoms with Crippen molar-refractivity contribution in [3.05, 3.63) is 36.5 Å². The highest BCUT2D eigenvalue weighted by Crippen LogP contribution is 2.15. The lowest BCUT2D eigenvalue weighted by molar-refractivity contribution is -0.167. The molecule has 0 heterocycles. The van der Waals surface area contributed by atoms with Crippen LogP contribution in [0.4, 0.5) is 0 Å². The van der Waals surface area contributed by atoms with E-state index in [1.54, 1.807) is 0 Å². The zero-order valence-corrected chi connectivity index (χ0v) is 40.0. The number of carbonyl (C=O) groups excluding carboxylic acids is 3. The van der Waals surface area contributed by atoms with Crippen molar-refractivity contribution in [3.8, 4) is 0 Å². The molecule has 0 radical (unpaired) electrons. The summed E-state index contributed by atoms with van der Waals surface area (Å²) in [6.45, 7) is 6.59. The van der Waals surface area contributed by atoms with Gasteiger partial charge in [0.25, 0.3) is 0 Å². The maximum atomic E-state index is 12.8. The maximum Gasteiger partial charge on any atom is 0.306 e. The van der Waals surface area contributed by atoms with Gasteiger partial charge in [-0.05, 0) is 70.6 Å². The first-order chi connectivity index (χ1) is 29.5. The van der Waals surface area contributed by atoms with E-state index in [1.807, 2.05) is 0 Å². The molecule has 0 aliphatic carbocycles. The van der Waals surface area contributed by atoms with Crippen LogP contribution in [0.25, 0.3) is 0 Å². The normalized spacial score (nSPS) is 12.2. The summed E-state index contributed by atoms with van der Waals surface area (Å²) in [7, 11) is 0. The van der Waals surface area contributed by atoms with Crippen LogP contribution in [0, 0.1) is 0 Å². The van der Waals surface area contributed by atoms with Gasteiger partial charge in [-0.25, -0.2) is 0 Å². The van der Waals surface area contributed by atoms with Crippen molar-refractivity contribution in [1.82, 2.24) is 0 Å². The van der Waals surface area contributed by atoms with Gasteiger partial charge in [0.05, 0.1) is 0 Å². The summed E-state index contributed by atoms with van der Waals surface area (Å²) in [5, 5.41) is 0. The van der Waals surface area contributed by atoms with E-state index in [-0.39, 0.29) is 31.1 Å². The fourth-order valence-electron chi connectivity index (χ4n) is 7.43. The molecule has 1 unspecified atom stereocenters. The molecule has 1 atom stereocenters. The average Bonchev–Trinajstić information content (AvgIpc) is 3.24. The predicted molar refractivity (Wildman–Crippen MR) is 256 cm³/mol. The zero-order chi connectivity index (χ0) is 43.7. The van der Waals surface area contributed by atoms with Crippen molar-refractivity contribution in [2.24, 2.45) is 0 Å². The lowest BCUT2D eigenvalue weighted by atomic mass is 10.1. The molecule has 0 aliphatic rings. The number of allylic oxidation sites excluding steroid dienone is 6. The highest BCUT2D eigenvalue weighted by molar-refractivity contribution is 5.71. The number of hydrogen-bond donors (Lipinski definition) is 0. The quantitative estimate of drug-likeness (QED) is 0.0200. The van der Waals surface area contributed by atoms with E-state index in [9.17, 15) is 14.4 Å². The molecule has 0 aliphatic heterocycles. The third-order valence-electron chi connectivity index (χ3n) is 11.4. The Morgan fingerprint density at radius 2 is 0.600 bits per heavy atom. The lowest BCUT2D eigenvalue weighted by Crippen LogP contribution is -2.30.